The quantitative estimate of drug-likeness (QED) is 0.312. The molecular weight excluding hydrogens is 570 g/mol. The molecule has 0 saturated heterocycles. The van der Waals surface area contributed by atoms with E-state index in [4.69, 9.17) is 9.73 Å². The summed E-state index contributed by atoms with van der Waals surface area (Å²) in [6.07, 6.45) is 1.89. The lowest BCUT2D eigenvalue weighted by molar-refractivity contribution is -0.127. The number of hydrogen-bond acceptors (Lipinski definition) is 6. The summed E-state index contributed by atoms with van der Waals surface area (Å²) in [6, 6.07) is 15.1. The summed E-state index contributed by atoms with van der Waals surface area (Å²) in [4.78, 5) is 36.1. The molecule has 2 aromatic carbocycles. The molecule has 0 unspecified atom stereocenters. The summed E-state index contributed by atoms with van der Waals surface area (Å²) < 4.78 is 9.08. The van der Waals surface area contributed by atoms with E-state index in [1.54, 1.807) is 27.9 Å². The SMILES string of the molecule is CCN(CC)C(=O)C1=C(C)N=c2s/c(=C/c3ccc(Br)s3)c(=O)n2[C@@H]1c1c(OC)ccc2ccccc12. The first-order valence-electron chi connectivity index (χ1n) is 12.0. The molecule has 3 heterocycles. The number of carbonyl (C=O) groups excluding carboxylic acids is 1. The van der Waals surface area contributed by atoms with Crippen molar-refractivity contribution in [3.05, 3.63) is 93.7 Å². The van der Waals surface area contributed by atoms with Gasteiger partial charge in [-0.05, 0) is 71.7 Å². The van der Waals surface area contributed by atoms with E-state index < -0.39 is 6.04 Å². The molecule has 1 aliphatic rings. The number of likely N-dealkylation sites (N-methyl/N-ethyl adjacent to an activating group) is 1. The number of fused-ring (bicyclic) bond motifs is 2. The van der Waals surface area contributed by atoms with Crippen LogP contribution in [0, 0.1) is 0 Å². The highest BCUT2D eigenvalue weighted by Crippen LogP contribution is 2.40. The molecule has 2 aromatic heterocycles. The predicted octanol–water partition coefficient (Wildman–Crippen LogP) is 5.09. The van der Waals surface area contributed by atoms with Crippen molar-refractivity contribution in [3.8, 4) is 5.75 Å². The Morgan fingerprint density at radius 3 is 2.57 bits per heavy atom. The van der Waals surface area contributed by atoms with Gasteiger partial charge in [0.25, 0.3) is 11.5 Å². The van der Waals surface area contributed by atoms with E-state index in [0.717, 1.165) is 25.0 Å². The monoisotopic (exact) mass is 595 g/mol. The van der Waals surface area contributed by atoms with Crippen LogP contribution < -0.4 is 19.6 Å². The smallest absolute Gasteiger partial charge is 0.271 e. The van der Waals surface area contributed by atoms with E-state index in [1.165, 1.54) is 11.3 Å². The second kappa shape index (κ2) is 10.4. The average molecular weight is 597 g/mol. The summed E-state index contributed by atoms with van der Waals surface area (Å²) in [5, 5.41) is 1.94. The van der Waals surface area contributed by atoms with Crippen LogP contribution in [0.5, 0.6) is 5.75 Å². The first-order chi connectivity index (χ1) is 17.9. The van der Waals surface area contributed by atoms with Gasteiger partial charge >= 0.3 is 0 Å². The van der Waals surface area contributed by atoms with Crippen LogP contribution in [0.3, 0.4) is 0 Å². The van der Waals surface area contributed by atoms with Gasteiger partial charge < -0.3 is 9.64 Å². The number of methoxy groups -OCH3 is 1. The van der Waals surface area contributed by atoms with Crippen LogP contribution in [0.2, 0.25) is 0 Å². The normalized spacial score (nSPS) is 15.6. The van der Waals surface area contributed by atoms with Crippen LogP contribution >= 0.6 is 38.6 Å². The summed E-state index contributed by atoms with van der Waals surface area (Å²) >= 11 is 6.39. The number of hydrogen-bond donors (Lipinski definition) is 0. The molecule has 190 valence electrons. The second-order valence-corrected chi connectivity index (χ2v) is 12.1. The zero-order valence-corrected chi connectivity index (χ0v) is 24.2. The van der Waals surface area contributed by atoms with Crippen molar-refractivity contribution in [1.82, 2.24) is 9.47 Å². The summed E-state index contributed by atoms with van der Waals surface area (Å²) in [5.41, 5.74) is 1.72. The molecule has 0 fully saturated rings. The van der Waals surface area contributed by atoms with E-state index in [1.807, 2.05) is 75.4 Å². The number of carbonyl (C=O) groups is 1. The molecule has 0 saturated carbocycles. The fourth-order valence-corrected chi connectivity index (χ4v) is 7.30. The molecule has 0 spiro atoms. The van der Waals surface area contributed by atoms with Crippen molar-refractivity contribution in [2.75, 3.05) is 20.2 Å². The predicted molar refractivity (Wildman–Crippen MR) is 154 cm³/mol. The van der Waals surface area contributed by atoms with Crippen molar-refractivity contribution in [2.24, 2.45) is 4.99 Å². The highest BCUT2D eigenvalue weighted by molar-refractivity contribution is 9.11. The third kappa shape index (κ3) is 4.49. The molecule has 1 aliphatic heterocycles. The highest BCUT2D eigenvalue weighted by atomic mass is 79.9. The van der Waals surface area contributed by atoms with Gasteiger partial charge in [0.1, 0.15) is 11.8 Å². The van der Waals surface area contributed by atoms with Gasteiger partial charge in [0.05, 0.1) is 26.7 Å². The minimum Gasteiger partial charge on any atom is -0.496 e. The maximum atomic E-state index is 14.0. The molecular formula is C28H26BrN3O3S2. The molecule has 5 rings (SSSR count). The number of aromatic nitrogens is 1. The number of thiazole rings is 1. The van der Waals surface area contributed by atoms with Gasteiger partial charge in [-0.25, -0.2) is 4.99 Å². The lowest BCUT2D eigenvalue weighted by Gasteiger charge is -2.30. The fraction of sp³-hybridized carbons (Fsp3) is 0.250. The van der Waals surface area contributed by atoms with E-state index in [-0.39, 0.29) is 11.5 Å². The number of allylic oxidation sites excluding steroid dienone is 1. The number of rotatable bonds is 6. The second-order valence-electron chi connectivity index (χ2n) is 8.60. The standard InChI is InChI=1S/C28H26BrN3O3S2/c1-5-31(6-2)27(34)23-16(3)30-28-32(26(33)21(37-28)15-18-12-14-22(29)36-18)25(23)24-19-10-8-7-9-17(19)11-13-20(24)35-4/h7-15,25H,5-6H2,1-4H3/b21-15+/t25-/m0/s1. The number of benzene rings is 2. The van der Waals surface area contributed by atoms with Gasteiger partial charge in [0.2, 0.25) is 0 Å². The van der Waals surface area contributed by atoms with Crippen LogP contribution in [0.15, 0.2) is 73.4 Å². The summed E-state index contributed by atoms with van der Waals surface area (Å²) in [7, 11) is 1.62. The Labute approximate surface area is 231 Å². The molecule has 4 aromatic rings. The van der Waals surface area contributed by atoms with Crippen LogP contribution in [-0.2, 0) is 4.79 Å². The number of ether oxygens (including phenoxy) is 1. The average Bonchev–Trinajstić information content (AvgIpc) is 3.45. The fourth-order valence-electron chi connectivity index (χ4n) is 4.82. The Balaban J connectivity index is 1.86. The molecule has 1 atom stereocenters. The van der Waals surface area contributed by atoms with E-state index in [2.05, 4.69) is 15.9 Å². The van der Waals surface area contributed by atoms with E-state index in [0.29, 0.717) is 39.4 Å². The Bertz CT molecular complexity index is 1730. The van der Waals surface area contributed by atoms with Gasteiger partial charge in [-0.1, -0.05) is 41.7 Å². The zero-order valence-electron chi connectivity index (χ0n) is 20.9. The Kier molecular flexibility index (Phi) is 7.20. The van der Waals surface area contributed by atoms with Gasteiger partial charge in [0, 0.05) is 23.5 Å². The maximum Gasteiger partial charge on any atom is 0.271 e. The van der Waals surface area contributed by atoms with Crippen LogP contribution in [0.25, 0.3) is 16.8 Å². The zero-order chi connectivity index (χ0) is 26.3. The highest BCUT2D eigenvalue weighted by Gasteiger charge is 2.36. The van der Waals surface area contributed by atoms with E-state index >= 15 is 0 Å². The van der Waals surface area contributed by atoms with Crippen molar-refractivity contribution in [1.29, 1.82) is 0 Å². The largest absolute Gasteiger partial charge is 0.496 e. The Morgan fingerprint density at radius 1 is 1.14 bits per heavy atom. The molecule has 1 amide bonds. The van der Waals surface area contributed by atoms with Crippen LogP contribution in [-0.4, -0.2) is 35.6 Å². The van der Waals surface area contributed by atoms with Gasteiger partial charge in [0.15, 0.2) is 4.80 Å². The molecule has 9 heteroatoms. The Hall–Kier alpha value is -3.01. The Morgan fingerprint density at radius 2 is 1.89 bits per heavy atom. The van der Waals surface area contributed by atoms with Crippen molar-refractivity contribution < 1.29 is 9.53 Å². The number of thiophene rings is 1. The third-order valence-electron chi connectivity index (χ3n) is 6.59. The van der Waals surface area contributed by atoms with Crippen LogP contribution in [0.4, 0.5) is 0 Å². The first kappa shape index (κ1) is 25.6. The molecule has 6 nitrogen and oxygen atoms in total. The third-order valence-corrected chi connectivity index (χ3v) is 9.15. The minimum atomic E-state index is -0.678. The molecule has 37 heavy (non-hydrogen) atoms. The first-order valence-corrected chi connectivity index (χ1v) is 14.4. The number of nitrogens with zero attached hydrogens (tertiary/aromatic N) is 3. The topological polar surface area (TPSA) is 63.9 Å². The number of amides is 1. The van der Waals surface area contributed by atoms with Gasteiger partial charge in [-0.2, -0.15) is 0 Å². The van der Waals surface area contributed by atoms with Gasteiger partial charge in [-0.15, -0.1) is 11.3 Å². The maximum absolute atomic E-state index is 14.0. The van der Waals surface area contributed by atoms with Crippen molar-refractivity contribution >= 4 is 61.4 Å². The lowest BCUT2D eigenvalue weighted by Crippen LogP contribution is -2.43. The van der Waals surface area contributed by atoms with Gasteiger partial charge in [-0.3, -0.25) is 14.2 Å². The molecule has 0 aliphatic carbocycles. The summed E-state index contributed by atoms with van der Waals surface area (Å²) in [6.45, 7) is 6.89. The molecule has 0 radical (unpaired) electrons. The minimum absolute atomic E-state index is 0.122. The molecule has 0 N–H and O–H groups in total. The summed E-state index contributed by atoms with van der Waals surface area (Å²) in [5.74, 6) is 0.503. The van der Waals surface area contributed by atoms with Crippen molar-refractivity contribution in [3.63, 3.8) is 0 Å². The van der Waals surface area contributed by atoms with E-state index in [9.17, 15) is 9.59 Å². The molecule has 0 bridgehead atoms. The number of halogens is 1. The lowest BCUT2D eigenvalue weighted by atomic mass is 9.90. The van der Waals surface area contributed by atoms with Crippen LogP contribution in [0.1, 0.15) is 37.3 Å². The van der Waals surface area contributed by atoms with Crippen molar-refractivity contribution in [2.45, 2.75) is 26.8 Å².